The van der Waals surface area contributed by atoms with Crippen molar-refractivity contribution in [2.24, 2.45) is 11.8 Å². The van der Waals surface area contributed by atoms with Crippen LogP contribution in [0, 0.1) is 11.8 Å². The van der Waals surface area contributed by atoms with Gasteiger partial charge in [0.05, 0.1) is 19.1 Å². The van der Waals surface area contributed by atoms with E-state index in [2.05, 4.69) is 24.5 Å². The highest BCUT2D eigenvalue weighted by molar-refractivity contribution is 6.30. The van der Waals surface area contributed by atoms with E-state index < -0.39 is 0 Å². The van der Waals surface area contributed by atoms with Gasteiger partial charge in [-0.05, 0) is 43.5 Å². The van der Waals surface area contributed by atoms with Crippen molar-refractivity contribution in [3.63, 3.8) is 0 Å². The Bertz CT molecular complexity index is 513. The maximum absolute atomic E-state index is 12.5. The smallest absolute Gasteiger partial charge is 0.224 e. The molecule has 1 amide bonds. The van der Waals surface area contributed by atoms with Crippen molar-refractivity contribution in [3.05, 3.63) is 28.8 Å². The van der Waals surface area contributed by atoms with Crippen LogP contribution < -0.4 is 15.4 Å². The first-order valence-corrected chi connectivity index (χ1v) is 8.23. The fourth-order valence-electron chi connectivity index (χ4n) is 2.88. The minimum Gasteiger partial charge on any atom is -0.496 e. The minimum atomic E-state index is -0.0817. The number of amides is 1. The van der Waals surface area contributed by atoms with Crippen LogP contribution in [0.3, 0.4) is 0 Å². The fraction of sp³-hybridized carbons (Fsp3) is 0.588. The van der Waals surface area contributed by atoms with Crippen LogP contribution in [0.25, 0.3) is 0 Å². The molecule has 0 bridgehead atoms. The summed E-state index contributed by atoms with van der Waals surface area (Å²) in [6.45, 7) is 5.96. The van der Waals surface area contributed by atoms with Crippen LogP contribution in [0.4, 0.5) is 0 Å². The van der Waals surface area contributed by atoms with Crippen molar-refractivity contribution >= 4 is 17.5 Å². The molecule has 2 unspecified atom stereocenters. The van der Waals surface area contributed by atoms with E-state index in [4.69, 9.17) is 16.3 Å². The maximum atomic E-state index is 12.5. The molecule has 1 fully saturated rings. The van der Waals surface area contributed by atoms with Crippen LogP contribution in [0.15, 0.2) is 18.2 Å². The standard InChI is InChI=1S/C17H25ClN2O2/c1-11(2)8-15(20-17(21)12-6-7-19-10-12)14-9-13(18)4-5-16(14)22-3/h4-5,9,11-12,15,19H,6-8,10H2,1-3H3,(H,20,21). The van der Waals surface area contributed by atoms with Crippen LogP contribution in [-0.2, 0) is 4.79 Å². The van der Waals surface area contributed by atoms with E-state index in [9.17, 15) is 4.79 Å². The number of ether oxygens (including phenoxy) is 1. The topological polar surface area (TPSA) is 50.4 Å². The second-order valence-electron chi connectivity index (χ2n) is 6.27. The van der Waals surface area contributed by atoms with Gasteiger partial charge in [0.25, 0.3) is 0 Å². The molecular formula is C17H25ClN2O2. The van der Waals surface area contributed by atoms with Crippen LogP contribution in [0.2, 0.25) is 5.02 Å². The zero-order chi connectivity index (χ0) is 16.1. The van der Waals surface area contributed by atoms with E-state index >= 15 is 0 Å². The molecule has 22 heavy (non-hydrogen) atoms. The Labute approximate surface area is 137 Å². The normalized spacial score (nSPS) is 19.2. The van der Waals surface area contributed by atoms with Gasteiger partial charge in [-0.1, -0.05) is 25.4 Å². The first-order chi connectivity index (χ1) is 10.5. The summed E-state index contributed by atoms with van der Waals surface area (Å²) in [6, 6.07) is 5.47. The summed E-state index contributed by atoms with van der Waals surface area (Å²) >= 11 is 6.14. The molecule has 0 aromatic heterocycles. The number of rotatable bonds is 6. The Morgan fingerprint density at radius 3 is 2.86 bits per heavy atom. The fourth-order valence-corrected chi connectivity index (χ4v) is 3.06. The molecule has 1 heterocycles. The molecule has 5 heteroatoms. The lowest BCUT2D eigenvalue weighted by Gasteiger charge is -2.24. The van der Waals surface area contributed by atoms with E-state index in [-0.39, 0.29) is 17.9 Å². The first kappa shape index (κ1) is 17.1. The van der Waals surface area contributed by atoms with E-state index in [0.29, 0.717) is 10.9 Å². The Morgan fingerprint density at radius 2 is 2.27 bits per heavy atom. The third-order valence-electron chi connectivity index (χ3n) is 4.02. The van der Waals surface area contributed by atoms with E-state index in [1.54, 1.807) is 13.2 Å². The molecule has 1 aromatic carbocycles. The number of nitrogens with one attached hydrogen (secondary N) is 2. The van der Waals surface area contributed by atoms with Crippen molar-refractivity contribution in [3.8, 4) is 5.75 Å². The molecule has 4 nitrogen and oxygen atoms in total. The number of carbonyl (C=O) groups excluding carboxylic acids is 1. The second kappa shape index (κ2) is 7.84. The van der Waals surface area contributed by atoms with Gasteiger partial charge in [0, 0.05) is 17.1 Å². The van der Waals surface area contributed by atoms with Crippen LogP contribution in [-0.4, -0.2) is 26.1 Å². The van der Waals surface area contributed by atoms with Crippen molar-refractivity contribution in [2.45, 2.75) is 32.7 Å². The predicted octanol–water partition coefficient (Wildman–Crippen LogP) is 3.16. The number of methoxy groups -OCH3 is 1. The van der Waals surface area contributed by atoms with Gasteiger partial charge in [0.2, 0.25) is 5.91 Å². The van der Waals surface area contributed by atoms with Gasteiger partial charge in [-0.3, -0.25) is 4.79 Å². The van der Waals surface area contributed by atoms with Crippen LogP contribution in [0.1, 0.15) is 38.3 Å². The largest absolute Gasteiger partial charge is 0.496 e. The predicted molar refractivity (Wildman–Crippen MR) is 89.3 cm³/mol. The van der Waals surface area contributed by atoms with Crippen LogP contribution >= 0.6 is 11.6 Å². The summed E-state index contributed by atoms with van der Waals surface area (Å²) in [5, 5.41) is 7.08. The SMILES string of the molecule is COc1ccc(Cl)cc1C(CC(C)C)NC(=O)C1CCNC1. The summed E-state index contributed by atoms with van der Waals surface area (Å²) in [5.74, 6) is 1.38. The van der Waals surface area contributed by atoms with E-state index in [1.807, 2.05) is 12.1 Å². The van der Waals surface area contributed by atoms with Crippen molar-refractivity contribution in [2.75, 3.05) is 20.2 Å². The van der Waals surface area contributed by atoms with Gasteiger partial charge in [-0.2, -0.15) is 0 Å². The zero-order valence-electron chi connectivity index (χ0n) is 13.5. The van der Waals surface area contributed by atoms with Gasteiger partial charge in [0.1, 0.15) is 5.75 Å². The average molecular weight is 325 g/mol. The molecular weight excluding hydrogens is 300 g/mol. The summed E-state index contributed by atoms with van der Waals surface area (Å²) in [6.07, 6.45) is 1.75. The molecule has 0 radical (unpaired) electrons. The summed E-state index contributed by atoms with van der Waals surface area (Å²) < 4.78 is 5.45. The molecule has 2 N–H and O–H groups in total. The number of benzene rings is 1. The van der Waals surface area contributed by atoms with Gasteiger partial charge < -0.3 is 15.4 Å². The van der Waals surface area contributed by atoms with Gasteiger partial charge >= 0.3 is 0 Å². The molecule has 1 aliphatic rings. The molecule has 0 spiro atoms. The number of hydrogen-bond acceptors (Lipinski definition) is 3. The Hall–Kier alpha value is -1.26. The third-order valence-corrected chi connectivity index (χ3v) is 4.26. The second-order valence-corrected chi connectivity index (χ2v) is 6.70. The lowest BCUT2D eigenvalue weighted by Crippen LogP contribution is -2.35. The molecule has 1 aromatic rings. The van der Waals surface area contributed by atoms with Crippen molar-refractivity contribution in [1.29, 1.82) is 0 Å². The Morgan fingerprint density at radius 1 is 1.50 bits per heavy atom. The van der Waals surface area contributed by atoms with Gasteiger partial charge in [-0.25, -0.2) is 0 Å². The molecule has 2 atom stereocenters. The molecule has 2 rings (SSSR count). The Kier molecular flexibility index (Phi) is 6.09. The monoisotopic (exact) mass is 324 g/mol. The number of halogens is 1. The summed E-state index contributed by atoms with van der Waals surface area (Å²) in [4.78, 5) is 12.5. The highest BCUT2D eigenvalue weighted by atomic mass is 35.5. The number of carbonyl (C=O) groups is 1. The van der Waals surface area contributed by atoms with Crippen LogP contribution in [0.5, 0.6) is 5.75 Å². The molecule has 1 saturated heterocycles. The highest BCUT2D eigenvalue weighted by Gasteiger charge is 2.26. The van der Waals surface area contributed by atoms with Crippen molar-refractivity contribution < 1.29 is 9.53 Å². The number of hydrogen-bond donors (Lipinski definition) is 2. The molecule has 0 saturated carbocycles. The lowest BCUT2D eigenvalue weighted by atomic mass is 9.95. The third kappa shape index (κ3) is 4.37. The lowest BCUT2D eigenvalue weighted by molar-refractivity contribution is -0.125. The molecule has 1 aliphatic heterocycles. The Balaban J connectivity index is 2.21. The van der Waals surface area contributed by atoms with Gasteiger partial charge in [-0.15, -0.1) is 0 Å². The summed E-state index contributed by atoms with van der Waals surface area (Å²) in [7, 11) is 1.64. The van der Waals surface area contributed by atoms with Gasteiger partial charge in [0.15, 0.2) is 0 Å². The molecule has 0 aliphatic carbocycles. The minimum absolute atomic E-state index is 0.0554. The highest BCUT2D eigenvalue weighted by Crippen LogP contribution is 2.32. The van der Waals surface area contributed by atoms with E-state index in [0.717, 1.165) is 37.2 Å². The first-order valence-electron chi connectivity index (χ1n) is 7.85. The average Bonchev–Trinajstić information content (AvgIpc) is 3.00. The quantitative estimate of drug-likeness (QED) is 0.845. The van der Waals surface area contributed by atoms with Crippen molar-refractivity contribution in [1.82, 2.24) is 10.6 Å². The van der Waals surface area contributed by atoms with E-state index in [1.165, 1.54) is 0 Å². The summed E-state index contributed by atoms with van der Waals surface area (Å²) in [5.41, 5.74) is 0.947. The zero-order valence-corrected chi connectivity index (χ0v) is 14.2. The maximum Gasteiger partial charge on any atom is 0.224 e. The molecule has 122 valence electrons.